The van der Waals surface area contributed by atoms with Crippen LogP contribution in [-0.2, 0) is 11.3 Å². The Hall–Kier alpha value is -2.95. The lowest BCUT2D eigenvalue weighted by molar-refractivity contribution is -0.136. The summed E-state index contributed by atoms with van der Waals surface area (Å²) in [6.45, 7) is 4.13. The second kappa shape index (κ2) is 7.58. The summed E-state index contributed by atoms with van der Waals surface area (Å²) in [6, 6.07) is 13.6. The van der Waals surface area contributed by atoms with Crippen LogP contribution in [0.2, 0.25) is 0 Å². The molecule has 2 heterocycles. The number of rotatable bonds is 7. The zero-order chi connectivity index (χ0) is 19.7. The van der Waals surface area contributed by atoms with Crippen molar-refractivity contribution >= 4 is 22.6 Å². The first-order chi connectivity index (χ1) is 13.6. The molecule has 1 saturated carbocycles. The lowest BCUT2D eigenvalue weighted by Gasteiger charge is -2.28. The van der Waals surface area contributed by atoms with Gasteiger partial charge in [-0.2, -0.15) is 0 Å². The molecule has 3 aromatic rings. The zero-order valence-corrected chi connectivity index (χ0v) is 16.3. The summed E-state index contributed by atoms with van der Waals surface area (Å²) in [6.07, 6.45) is 6.37. The average molecular weight is 375 g/mol. The lowest BCUT2D eigenvalue weighted by atomic mass is 10.1. The number of amides is 1. The number of nitrogens with zero attached hydrogens (tertiary/aromatic N) is 3. The largest absolute Gasteiger partial charge is 0.334 e. The van der Waals surface area contributed by atoms with Crippen LogP contribution in [-0.4, -0.2) is 32.2 Å². The van der Waals surface area contributed by atoms with Gasteiger partial charge < -0.3 is 9.47 Å². The van der Waals surface area contributed by atoms with Gasteiger partial charge in [0.2, 0.25) is 5.91 Å². The maximum absolute atomic E-state index is 13.6. The summed E-state index contributed by atoms with van der Waals surface area (Å²) < 4.78 is 1.99. The van der Waals surface area contributed by atoms with Crippen LogP contribution in [0.25, 0.3) is 10.9 Å². The van der Waals surface area contributed by atoms with Crippen LogP contribution < -0.4 is 0 Å². The van der Waals surface area contributed by atoms with Crippen LogP contribution in [0.3, 0.4) is 0 Å². The lowest BCUT2D eigenvalue weighted by Crippen LogP contribution is -2.38. The van der Waals surface area contributed by atoms with E-state index in [1.165, 1.54) is 0 Å². The molecular weight excluding hydrogens is 350 g/mol. The molecule has 2 aromatic heterocycles. The zero-order valence-electron chi connectivity index (χ0n) is 16.3. The molecule has 28 heavy (non-hydrogen) atoms. The van der Waals surface area contributed by atoms with Crippen LogP contribution in [0, 0.1) is 0 Å². The van der Waals surface area contributed by atoms with Gasteiger partial charge in [0.15, 0.2) is 5.78 Å². The molecule has 5 nitrogen and oxygen atoms in total. The molecule has 1 aromatic carbocycles. The highest BCUT2D eigenvalue weighted by Crippen LogP contribution is 2.33. The van der Waals surface area contributed by atoms with Gasteiger partial charge in [-0.15, -0.1) is 0 Å². The topological polar surface area (TPSA) is 55.2 Å². The number of carbonyl (C=O) groups is 2. The van der Waals surface area contributed by atoms with Crippen LogP contribution in [0.4, 0.5) is 0 Å². The molecule has 0 aliphatic heterocycles. The SMILES string of the molecule is CCC(C(=O)N(Cc1ccccn1)C1CC1)n1cc(C(C)=O)c2ccccc21. The van der Waals surface area contributed by atoms with Crippen molar-refractivity contribution in [3.8, 4) is 0 Å². The van der Waals surface area contributed by atoms with Crippen molar-refractivity contribution in [3.05, 3.63) is 66.1 Å². The van der Waals surface area contributed by atoms with E-state index < -0.39 is 0 Å². The summed E-state index contributed by atoms with van der Waals surface area (Å²) in [5.74, 6) is 0.122. The normalized spacial score (nSPS) is 14.8. The van der Waals surface area contributed by atoms with Crippen LogP contribution in [0.15, 0.2) is 54.9 Å². The van der Waals surface area contributed by atoms with Crippen molar-refractivity contribution < 1.29 is 9.59 Å². The number of aromatic nitrogens is 2. The Morgan fingerprint density at radius 2 is 1.93 bits per heavy atom. The molecule has 0 radical (unpaired) electrons. The molecule has 0 saturated heterocycles. The van der Waals surface area contributed by atoms with Crippen LogP contribution in [0.5, 0.6) is 0 Å². The summed E-state index contributed by atoms with van der Waals surface area (Å²) in [4.78, 5) is 32.1. The Bertz CT molecular complexity index is 1010. The highest BCUT2D eigenvalue weighted by Gasteiger charge is 2.36. The van der Waals surface area contributed by atoms with Gasteiger partial charge in [-0.3, -0.25) is 14.6 Å². The molecule has 0 spiro atoms. The molecule has 0 N–H and O–H groups in total. The first kappa shape index (κ1) is 18.4. The summed E-state index contributed by atoms with van der Waals surface area (Å²) >= 11 is 0. The highest BCUT2D eigenvalue weighted by atomic mass is 16.2. The van der Waals surface area contributed by atoms with Gasteiger partial charge in [0.25, 0.3) is 0 Å². The van der Waals surface area contributed by atoms with E-state index >= 15 is 0 Å². The number of ketones is 1. The minimum Gasteiger partial charge on any atom is -0.334 e. The predicted molar refractivity (Wildman–Crippen MR) is 109 cm³/mol. The van der Waals surface area contributed by atoms with Gasteiger partial charge in [0.1, 0.15) is 6.04 Å². The highest BCUT2D eigenvalue weighted by molar-refractivity contribution is 6.07. The summed E-state index contributed by atoms with van der Waals surface area (Å²) in [5, 5.41) is 0.906. The third-order valence-electron chi connectivity index (χ3n) is 5.46. The van der Waals surface area contributed by atoms with Crippen molar-refractivity contribution in [1.82, 2.24) is 14.5 Å². The van der Waals surface area contributed by atoms with Crippen molar-refractivity contribution in [3.63, 3.8) is 0 Å². The molecule has 1 fully saturated rings. The molecule has 1 aliphatic rings. The maximum Gasteiger partial charge on any atom is 0.246 e. The molecule has 4 rings (SSSR count). The van der Waals surface area contributed by atoms with Crippen molar-refractivity contribution in [1.29, 1.82) is 0 Å². The van der Waals surface area contributed by atoms with Gasteiger partial charge in [-0.1, -0.05) is 31.2 Å². The third-order valence-corrected chi connectivity index (χ3v) is 5.46. The Morgan fingerprint density at radius 3 is 2.57 bits per heavy atom. The van der Waals surface area contributed by atoms with E-state index in [-0.39, 0.29) is 23.8 Å². The second-order valence-electron chi connectivity index (χ2n) is 7.47. The molecule has 1 aliphatic carbocycles. The second-order valence-corrected chi connectivity index (χ2v) is 7.47. The minimum absolute atomic E-state index is 0.0183. The fourth-order valence-electron chi connectivity index (χ4n) is 3.86. The summed E-state index contributed by atoms with van der Waals surface area (Å²) in [7, 11) is 0. The number of fused-ring (bicyclic) bond motifs is 1. The first-order valence-corrected chi connectivity index (χ1v) is 9.91. The fourth-order valence-corrected chi connectivity index (χ4v) is 3.86. The smallest absolute Gasteiger partial charge is 0.246 e. The number of carbonyl (C=O) groups excluding carboxylic acids is 2. The Balaban J connectivity index is 1.71. The molecular formula is C23H25N3O2. The van der Waals surface area contributed by atoms with E-state index in [4.69, 9.17) is 0 Å². The predicted octanol–water partition coefficient (Wildman–Crippen LogP) is 4.38. The molecule has 1 unspecified atom stereocenters. The molecule has 1 amide bonds. The van der Waals surface area contributed by atoms with E-state index in [1.54, 1.807) is 13.1 Å². The van der Waals surface area contributed by atoms with Crippen LogP contribution >= 0.6 is 0 Å². The molecule has 0 bridgehead atoms. The van der Waals surface area contributed by atoms with E-state index in [0.29, 0.717) is 18.5 Å². The monoisotopic (exact) mass is 375 g/mol. The average Bonchev–Trinajstić information content (AvgIpc) is 3.48. The quantitative estimate of drug-likeness (QED) is 0.576. The first-order valence-electron chi connectivity index (χ1n) is 9.91. The van der Waals surface area contributed by atoms with Gasteiger partial charge in [0.05, 0.1) is 12.2 Å². The third kappa shape index (κ3) is 3.44. The van der Waals surface area contributed by atoms with E-state index in [2.05, 4.69) is 4.98 Å². The molecule has 1 atom stereocenters. The summed E-state index contributed by atoms with van der Waals surface area (Å²) in [5.41, 5.74) is 2.51. The minimum atomic E-state index is -0.331. The van der Waals surface area contributed by atoms with Gasteiger partial charge >= 0.3 is 0 Å². The van der Waals surface area contributed by atoms with E-state index in [1.807, 2.05) is 65.1 Å². The number of hydrogen-bond acceptors (Lipinski definition) is 3. The number of Topliss-reactive ketones (excluding diaryl/α,β-unsaturated/α-hetero) is 1. The van der Waals surface area contributed by atoms with E-state index in [0.717, 1.165) is 29.4 Å². The standard InChI is InChI=1S/C23H25N3O2/c1-3-21(26-15-20(16(2)27)19-9-4-5-10-22(19)26)23(28)25(18-11-12-18)14-17-8-6-7-13-24-17/h4-10,13,15,18,21H,3,11-12,14H2,1-2H3. The maximum atomic E-state index is 13.6. The van der Waals surface area contributed by atoms with Crippen molar-refractivity contribution in [2.45, 2.75) is 51.7 Å². The van der Waals surface area contributed by atoms with E-state index in [9.17, 15) is 9.59 Å². The molecule has 5 heteroatoms. The fraction of sp³-hybridized carbons (Fsp3) is 0.348. The van der Waals surface area contributed by atoms with Crippen molar-refractivity contribution in [2.75, 3.05) is 0 Å². The van der Waals surface area contributed by atoms with Crippen molar-refractivity contribution in [2.24, 2.45) is 0 Å². The Kier molecular flexibility index (Phi) is 4.99. The number of hydrogen-bond donors (Lipinski definition) is 0. The van der Waals surface area contributed by atoms with Gasteiger partial charge in [-0.05, 0) is 44.4 Å². The van der Waals surface area contributed by atoms with Gasteiger partial charge in [-0.25, -0.2) is 0 Å². The molecule has 144 valence electrons. The van der Waals surface area contributed by atoms with Gasteiger partial charge in [0, 0.05) is 34.9 Å². The number of pyridine rings is 1. The number of benzene rings is 1. The Morgan fingerprint density at radius 1 is 1.18 bits per heavy atom. The number of para-hydroxylation sites is 1. The Labute approximate surface area is 165 Å². The van der Waals surface area contributed by atoms with Crippen LogP contribution in [0.1, 0.15) is 55.2 Å².